The van der Waals surface area contributed by atoms with Gasteiger partial charge in [0.15, 0.2) is 0 Å². The van der Waals surface area contributed by atoms with E-state index in [0.29, 0.717) is 21.3 Å². The molecule has 0 spiro atoms. The molecule has 82 valence electrons. The Labute approximate surface area is 102 Å². The molecule has 2 rings (SSSR count). The van der Waals surface area contributed by atoms with Crippen LogP contribution in [0.5, 0.6) is 0 Å². The average Bonchev–Trinajstić information content (AvgIpc) is 2.20. The van der Waals surface area contributed by atoms with Crippen LogP contribution in [-0.2, 0) is 0 Å². The molecule has 2 aromatic rings. The predicted molar refractivity (Wildman–Crippen MR) is 64.1 cm³/mol. The van der Waals surface area contributed by atoms with E-state index < -0.39 is 5.82 Å². The fourth-order valence-corrected chi connectivity index (χ4v) is 1.96. The summed E-state index contributed by atoms with van der Waals surface area (Å²) in [5.41, 5.74) is 6.78. The van der Waals surface area contributed by atoms with Gasteiger partial charge in [-0.25, -0.2) is 4.39 Å². The van der Waals surface area contributed by atoms with Crippen LogP contribution in [-0.4, -0.2) is 4.98 Å². The Bertz CT molecular complexity index is 523. The predicted octanol–water partition coefficient (Wildman–Crippen LogP) is 3.78. The van der Waals surface area contributed by atoms with E-state index >= 15 is 0 Å². The molecule has 0 bridgehead atoms. The monoisotopic (exact) mass is 256 g/mol. The Balaban J connectivity index is 2.68. The average molecular weight is 257 g/mol. The lowest BCUT2D eigenvalue weighted by Crippen LogP contribution is -1.95. The van der Waals surface area contributed by atoms with Crippen LogP contribution in [0.15, 0.2) is 30.5 Å². The summed E-state index contributed by atoms with van der Waals surface area (Å²) in [5.74, 6) is -0.496. The van der Waals surface area contributed by atoms with E-state index in [2.05, 4.69) is 4.98 Å². The maximum absolute atomic E-state index is 12.9. The molecule has 0 saturated carbocycles. The van der Waals surface area contributed by atoms with Gasteiger partial charge in [0.2, 0.25) is 0 Å². The van der Waals surface area contributed by atoms with Crippen LogP contribution >= 0.6 is 23.2 Å². The van der Waals surface area contributed by atoms with Crippen LogP contribution in [0.4, 0.5) is 10.1 Å². The first-order chi connectivity index (χ1) is 7.59. The van der Waals surface area contributed by atoms with Gasteiger partial charge in [0.05, 0.1) is 27.6 Å². The van der Waals surface area contributed by atoms with Crippen molar-refractivity contribution in [2.24, 2.45) is 0 Å². The standard InChI is InChI=1S/C11H7Cl2FN2/c12-7-2-1-3-8(13)10(7)11-9(15)4-6(14)5-16-11/h1-5H,15H2. The molecule has 5 heteroatoms. The summed E-state index contributed by atoms with van der Waals surface area (Å²) in [6.45, 7) is 0. The van der Waals surface area contributed by atoms with Crippen LogP contribution in [0.1, 0.15) is 0 Å². The Morgan fingerprint density at radius 1 is 1.19 bits per heavy atom. The van der Waals surface area contributed by atoms with Crippen molar-refractivity contribution in [1.29, 1.82) is 0 Å². The smallest absolute Gasteiger partial charge is 0.143 e. The number of hydrogen-bond donors (Lipinski definition) is 1. The molecule has 0 aliphatic rings. The quantitative estimate of drug-likeness (QED) is 0.844. The lowest BCUT2D eigenvalue weighted by atomic mass is 10.1. The van der Waals surface area contributed by atoms with E-state index in [-0.39, 0.29) is 5.69 Å². The number of nitrogens with zero attached hydrogens (tertiary/aromatic N) is 1. The number of nitrogen functional groups attached to an aromatic ring is 1. The van der Waals surface area contributed by atoms with E-state index in [0.717, 1.165) is 6.20 Å². The number of nitrogens with two attached hydrogens (primary N) is 1. The topological polar surface area (TPSA) is 38.9 Å². The molecule has 0 unspecified atom stereocenters. The largest absolute Gasteiger partial charge is 0.397 e. The molecule has 0 fully saturated rings. The lowest BCUT2D eigenvalue weighted by Gasteiger charge is -2.08. The van der Waals surface area contributed by atoms with Crippen LogP contribution in [0.25, 0.3) is 11.3 Å². The number of pyridine rings is 1. The van der Waals surface area contributed by atoms with Crippen LogP contribution < -0.4 is 5.73 Å². The first-order valence-corrected chi connectivity index (χ1v) is 5.20. The molecule has 0 aliphatic heterocycles. The highest BCUT2D eigenvalue weighted by atomic mass is 35.5. The second-order valence-electron chi connectivity index (χ2n) is 3.19. The molecular formula is C11H7Cl2FN2. The van der Waals surface area contributed by atoms with Gasteiger partial charge in [0.1, 0.15) is 5.82 Å². The third kappa shape index (κ3) is 1.96. The number of rotatable bonds is 1. The van der Waals surface area contributed by atoms with Gasteiger partial charge < -0.3 is 5.73 Å². The minimum atomic E-state index is -0.496. The fourth-order valence-electron chi connectivity index (χ4n) is 1.39. The van der Waals surface area contributed by atoms with Crippen molar-refractivity contribution in [3.8, 4) is 11.3 Å². The summed E-state index contributed by atoms with van der Waals surface area (Å²) >= 11 is 12.0. The normalized spacial score (nSPS) is 10.4. The third-order valence-electron chi connectivity index (χ3n) is 2.08. The minimum Gasteiger partial charge on any atom is -0.397 e. The van der Waals surface area contributed by atoms with E-state index in [4.69, 9.17) is 28.9 Å². The second-order valence-corrected chi connectivity index (χ2v) is 4.00. The molecule has 2 N–H and O–H groups in total. The van der Waals surface area contributed by atoms with E-state index in [1.54, 1.807) is 18.2 Å². The Morgan fingerprint density at radius 3 is 2.38 bits per heavy atom. The van der Waals surface area contributed by atoms with Crippen molar-refractivity contribution in [2.75, 3.05) is 5.73 Å². The summed E-state index contributed by atoms with van der Waals surface area (Å²) < 4.78 is 12.9. The van der Waals surface area contributed by atoms with E-state index in [1.807, 2.05) is 0 Å². The van der Waals surface area contributed by atoms with Gasteiger partial charge in [0.25, 0.3) is 0 Å². The van der Waals surface area contributed by atoms with Gasteiger partial charge in [-0.3, -0.25) is 4.98 Å². The van der Waals surface area contributed by atoms with Gasteiger partial charge >= 0.3 is 0 Å². The molecule has 1 heterocycles. The summed E-state index contributed by atoms with van der Waals surface area (Å²) in [6.07, 6.45) is 1.07. The Hall–Kier alpha value is -1.32. The number of halogens is 3. The molecule has 0 amide bonds. The van der Waals surface area contributed by atoms with Crippen LogP contribution in [0.2, 0.25) is 10.0 Å². The molecular weight excluding hydrogens is 250 g/mol. The fraction of sp³-hybridized carbons (Fsp3) is 0. The summed E-state index contributed by atoms with van der Waals surface area (Å²) in [6, 6.07) is 6.25. The zero-order valence-electron chi connectivity index (χ0n) is 8.05. The summed E-state index contributed by atoms with van der Waals surface area (Å²) in [4.78, 5) is 3.90. The highest BCUT2D eigenvalue weighted by molar-refractivity contribution is 6.39. The van der Waals surface area contributed by atoms with Gasteiger partial charge in [-0.2, -0.15) is 0 Å². The van der Waals surface area contributed by atoms with Crippen molar-refractivity contribution >= 4 is 28.9 Å². The maximum Gasteiger partial charge on any atom is 0.143 e. The Kier molecular flexibility index (Phi) is 2.99. The maximum atomic E-state index is 12.9. The van der Waals surface area contributed by atoms with Gasteiger partial charge in [0, 0.05) is 11.6 Å². The summed E-state index contributed by atoms with van der Waals surface area (Å²) in [7, 11) is 0. The highest BCUT2D eigenvalue weighted by Crippen LogP contribution is 2.36. The first kappa shape index (κ1) is 11.2. The Morgan fingerprint density at radius 2 is 1.81 bits per heavy atom. The molecule has 2 nitrogen and oxygen atoms in total. The number of benzene rings is 1. The van der Waals surface area contributed by atoms with Crippen molar-refractivity contribution in [3.05, 3.63) is 46.3 Å². The SMILES string of the molecule is Nc1cc(F)cnc1-c1c(Cl)cccc1Cl. The first-order valence-electron chi connectivity index (χ1n) is 4.45. The molecule has 16 heavy (non-hydrogen) atoms. The number of hydrogen-bond acceptors (Lipinski definition) is 2. The van der Waals surface area contributed by atoms with Gasteiger partial charge in [-0.05, 0) is 12.1 Å². The molecule has 1 aromatic carbocycles. The van der Waals surface area contributed by atoms with Crippen LogP contribution in [0.3, 0.4) is 0 Å². The van der Waals surface area contributed by atoms with E-state index in [1.165, 1.54) is 6.07 Å². The van der Waals surface area contributed by atoms with Crippen molar-refractivity contribution in [3.63, 3.8) is 0 Å². The molecule has 0 aliphatic carbocycles. The molecule has 0 atom stereocenters. The highest BCUT2D eigenvalue weighted by Gasteiger charge is 2.12. The molecule has 0 saturated heterocycles. The number of anilines is 1. The zero-order valence-corrected chi connectivity index (χ0v) is 9.56. The van der Waals surface area contributed by atoms with Crippen LogP contribution in [0, 0.1) is 5.82 Å². The van der Waals surface area contributed by atoms with Crippen molar-refractivity contribution in [2.45, 2.75) is 0 Å². The number of aromatic nitrogens is 1. The van der Waals surface area contributed by atoms with Gasteiger partial charge in [-0.15, -0.1) is 0 Å². The van der Waals surface area contributed by atoms with E-state index in [9.17, 15) is 4.39 Å². The molecule has 0 radical (unpaired) electrons. The second kappa shape index (κ2) is 4.28. The zero-order chi connectivity index (χ0) is 11.7. The minimum absolute atomic E-state index is 0.204. The van der Waals surface area contributed by atoms with Crippen molar-refractivity contribution in [1.82, 2.24) is 4.98 Å². The third-order valence-corrected chi connectivity index (χ3v) is 2.71. The lowest BCUT2D eigenvalue weighted by molar-refractivity contribution is 0.622. The summed E-state index contributed by atoms with van der Waals surface area (Å²) in [5, 5.41) is 0.858. The van der Waals surface area contributed by atoms with Gasteiger partial charge in [-0.1, -0.05) is 29.3 Å². The molecule has 1 aromatic heterocycles. The van der Waals surface area contributed by atoms with Crippen molar-refractivity contribution < 1.29 is 4.39 Å².